The molecule has 1 aromatic carbocycles. The van der Waals surface area contributed by atoms with Crippen LogP contribution in [0.2, 0.25) is 0 Å². The van der Waals surface area contributed by atoms with Gasteiger partial charge in [0.1, 0.15) is 13.2 Å². The van der Waals surface area contributed by atoms with Gasteiger partial charge in [-0.1, -0.05) is 11.6 Å². The van der Waals surface area contributed by atoms with Gasteiger partial charge < -0.3 is 19.3 Å². The third-order valence-electron chi connectivity index (χ3n) is 4.66. The van der Waals surface area contributed by atoms with E-state index in [1.807, 2.05) is 0 Å². The number of aromatic nitrogens is 2. The second-order valence-electron chi connectivity index (χ2n) is 7.20. The van der Waals surface area contributed by atoms with Crippen LogP contribution in [0.5, 0.6) is 11.5 Å². The molecule has 0 saturated carbocycles. The molecule has 1 aromatic heterocycles. The summed E-state index contributed by atoms with van der Waals surface area (Å²) in [6.07, 6.45) is 3.86. The third-order valence-corrected chi connectivity index (χ3v) is 6.11. The molecule has 1 amide bonds. The molecule has 2 aromatic rings. The summed E-state index contributed by atoms with van der Waals surface area (Å²) in [5.41, 5.74) is 0. The lowest BCUT2D eigenvalue weighted by atomic mass is 10.2. The minimum Gasteiger partial charge on any atom is -0.486 e. The van der Waals surface area contributed by atoms with Crippen molar-refractivity contribution in [3.8, 4) is 11.5 Å². The number of fused-ring (bicyclic) bond motifs is 1. The van der Waals surface area contributed by atoms with E-state index in [0.717, 1.165) is 12.8 Å². The van der Waals surface area contributed by atoms with E-state index in [9.17, 15) is 13.2 Å². The van der Waals surface area contributed by atoms with E-state index in [0.29, 0.717) is 75.2 Å². The molecule has 3 rings (SSSR count). The fourth-order valence-electron chi connectivity index (χ4n) is 3.07. The summed E-state index contributed by atoms with van der Waals surface area (Å²) in [4.78, 5) is 16.1. The first-order chi connectivity index (χ1) is 14.9. The van der Waals surface area contributed by atoms with E-state index in [2.05, 4.69) is 20.2 Å². The molecule has 0 unspecified atom stereocenters. The van der Waals surface area contributed by atoms with Gasteiger partial charge in [-0.2, -0.15) is 4.98 Å². The number of nitrogens with one attached hydrogen (secondary N) is 2. The highest BCUT2D eigenvalue weighted by molar-refractivity contribution is 7.89. The van der Waals surface area contributed by atoms with Crippen LogP contribution in [-0.2, 0) is 21.2 Å². The maximum Gasteiger partial charge on any atom is 0.240 e. The monoisotopic (exact) mass is 452 g/mol. The fraction of sp³-hybridized carbons (Fsp3) is 0.550. The molecule has 11 heteroatoms. The summed E-state index contributed by atoms with van der Waals surface area (Å²) < 4.78 is 43.3. The number of aryl methyl sites for hydroxylation is 2. The van der Waals surface area contributed by atoms with Crippen molar-refractivity contribution in [3.05, 3.63) is 29.9 Å². The molecule has 0 atom stereocenters. The molecular formula is C20H28N4O6S. The highest BCUT2D eigenvalue weighted by Gasteiger charge is 2.18. The Bertz CT molecular complexity index is 976. The van der Waals surface area contributed by atoms with E-state index in [-0.39, 0.29) is 10.8 Å². The minimum absolute atomic E-state index is 0.0152. The molecule has 1 aliphatic rings. The summed E-state index contributed by atoms with van der Waals surface area (Å²) in [7, 11) is -3.62. The van der Waals surface area contributed by atoms with Crippen LogP contribution in [-0.4, -0.2) is 50.8 Å². The van der Waals surface area contributed by atoms with Crippen molar-refractivity contribution in [2.75, 3.05) is 26.3 Å². The zero-order chi connectivity index (χ0) is 22.1. The predicted octanol–water partition coefficient (Wildman–Crippen LogP) is 1.74. The normalized spacial score (nSPS) is 13.2. The van der Waals surface area contributed by atoms with Crippen molar-refractivity contribution < 1.29 is 27.2 Å². The Morgan fingerprint density at radius 1 is 1.06 bits per heavy atom. The Morgan fingerprint density at radius 2 is 1.87 bits per heavy atom. The molecule has 0 aliphatic carbocycles. The van der Waals surface area contributed by atoms with Crippen LogP contribution in [0.3, 0.4) is 0 Å². The summed E-state index contributed by atoms with van der Waals surface area (Å²) in [6, 6.07) is 4.57. The second-order valence-corrected chi connectivity index (χ2v) is 8.97. The smallest absolute Gasteiger partial charge is 0.240 e. The number of sulfonamides is 1. The Hall–Kier alpha value is -2.66. The molecule has 10 nitrogen and oxygen atoms in total. The van der Waals surface area contributed by atoms with Crippen molar-refractivity contribution in [2.45, 2.75) is 50.3 Å². The molecule has 1 aliphatic heterocycles. The number of carbonyl (C=O) groups is 1. The van der Waals surface area contributed by atoms with Gasteiger partial charge in [0.25, 0.3) is 0 Å². The van der Waals surface area contributed by atoms with Crippen molar-refractivity contribution in [2.24, 2.45) is 0 Å². The lowest BCUT2D eigenvalue weighted by Gasteiger charge is -2.18. The van der Waals surface area contributed by atoms with Crippen LogP contribution >= 0.6 is 0 Å². The van der Waals surface area contributed by atoms with Crippen LogP contribution < -0.4 is 19.5 Å². The average molecular weight is 453 g/mol. The number of benzene rings is 1. The average Bonchev–Trinajstić information content (AvgIpc) is 3.18. The quantitative estimate of drug-likeness (QED) is 0.465. The fourth-order valence-corrected chi connectivity index (χ4v) is 4.15. The highest BCUT2D eigenvalue weighted by atomic mass is 32.2. The number of rotatable bonds is 12. The zero-order valence-corrected chi connectivity index (χ0v) is 18.4. The van der Waals surface area contributed by atoms with Gasteiger partial charge in [-0.05, 0) is 38.3 Å². The number of ether oxygens (including phenoxy) is 2. The van der Waals surface area contributed by atoms with Crippen LogP contribution in [0.15, 0.2) is 27.6 Å². The van der Waals surface area contributed by atoms with E-state index in [4.69, 9.17) is 14.0 Å². The predicted molar refractivity (Wildman–Crippen MR) is 111 cm³/mol. The van der Waals surface area contributed by atoms with Gasteiger partial charge in [0.05, 0.1) is 4.90 Å². The topological polar surface area (TPSA) is 133 Å². The number of hydrogen-bond donors (Lipinski definition) is 2. The van der Waals surface area contributed by atoms with Gasteiger partial charge >= 0.3 is 0 Å². The van der Waals surface area contributed by atoms with Crippen molar-refractivity contribution in [1.29, 1.82) is 0 Å². The SMILES string of the molecule is Cc1noc(CCCNC(=O)CCCCCNS(=O)(=O)c2ccc3c(c2)OCCO3)n1. The highest BCUT2D eigenvalue weighted by Crippen LogP contribution is 2.32. The Kier molecular flexibility index (Phi) is 8.24. The third kappa shape index (κ3) is 7.21. The number of carbonyl (C=O) groups excluding carboxylic acids is 1. The maximum absolute atomic E-state index is 12.4. The minimum atomic E-state index is -3.62. The summed E-state index contributed by atoms with van der Waals surface area (Å²) in [5, 5.41) is 6.58. The molecule has 0 spiro atoms. The lowest BCUT2D eigenvalue weighted by Crippen LogP contribution is -2.26. The maximum atomic E-state index is 12.4. The largest absolute Gasteiger partial charge is 0.486 e. The van der Waals surface area contributed by atoms with Gasteiger partial charge in [0.2, 0.25) is 21.8 Å². The van der Waals surface area contributed by atoms with E-state index < -0.39 is 10.0 Å². The van der Waals surface area contributed by atoms with E-state index >= 15 is 0 Å². The molecule has 0 saturated heterocycles. The summed E-state index contributed by atoms with van der Waals surface area (Å²) in [6.45, 7) is 3.47. The van der Waals surface area contributed by atoms with Gasteiger partial charge in [0, 0.05) is 32.0 Å². The van der Waals surface area contributed by atoms with E-state index in [1.165, 1.54) is 12.1 Å². The van der Waals surface area contributed by atoms with Gasteiger partial charge in [-0.3, -0.25) is 4.79 Å². The number of hydrogen-bond acceptors (Lipinski definition) is 8. The standard InChI is InChI=1S/C20H28N4O6S/c1-15-23-20(30-24-15)7-5-10-21-19(25)6-3-2-4-11-22-31(26,27)16-8-9-17-18(14-16)29-13-12-28-17/h8-9,14,22H,2-7,10-13H2,1H3,(H,21,25). The van der Waals surface area contributed by atoms with Crippen LogP contribution in [0.4, 0.5) is 0 Å². The Balaban J connectivity index is 1.26. The van der Waals surface area contributed by atoms with Crippen molar-refractivity contribution >= 4 is 15.9 Å². The van der Waals surface area contributed by atoms with Gasteiger partial charge in [0.15, 0.2) is 17.3 Å². The molecule has 170 valence electrons. The summed E-state index contributed by atoms with van der Waals surface area (Å²) >= 11 is 0. The molecule has 2 N–H and O–H groups in total. The second kappa shape index (κ2) is 11.1. The first kappa shape index (κ1) is 23.0. The van der Waals surface area contributed by atoms with E-state index in [1.54, 1.807) is 13.0 Å². The first-order valence-corrected chi connectivity index (χ1v) is 11.9. The Morgan fingerprint density at radius 3 is 2.65 bits per heavy atom. The van der Waals surface area contributed by atoms with Crippen LogP contribution in [0.25, 0.3) is 0 Å². The van der Waals surface area contributed by atoms with Gasteiger partial charge in [-0.25, -0.2) is 13.1 Å². The molecular weight excluding hydrogens is 424 g/mol. The molecule has 2 heterocycles. The first-order valence-electron chi connectivity index (χ1n) is 10.4. The zero-order valence-electron chi connectivity index (χ0n) is 17.6. The molecule has 0 bridgehead atoms. The molecule has 0 fully saturated rings. The lowest BCUT2D eigenvalue weighted by molar-refractivity contribution is -0.121. The molecule has 31 heavy (non-hydrogen) atoms. The molecule has 0 radical (unpaired) electrons. The van der Waals surface area contributed by atoms with Gasteiger partial charge in [-0.15, -0.1) is 0 Å². The van der Waals surface area contributed by atoms with Crippen LogP contribution in [0, 0.1) is 6.92 Å². The van der Waals surface area contributed by atoms with Crippen molar-refractivity contribution in [1.82, 2.24) is 20.2 Å². The number of nitrogens with zero attached hydrogens (tertiary/aromatic N) is 2. The number of amides is 1. The number of unbranched alkanes of at least 4 members (excludes halogenated alkanes) is 2. The van der Waals surface area contributed by atoms with Crippen molar-refractivity contribution in [3.63, 3.8) is 0 Å². The Labute approximate surface area is 181 Å². The summed E-state index contributed by atoms with van der Waals surface area (Å²) in [5.74, 6) is 2.15. The van der Waals surface area contributed by atoms with Crippen LogP contribution in [0.1, 0.15) is 43.8 Å².